The minimum atomic E-state index is -3.80. The van der Waals surface area contributed by atoms with Crippen LogP contribution in [0.15, 0.2) is 63.9 Å². The first-order valence-corrected chi connectivity index (χ1v) is 10.5. The van der Waals surface area contributed by atoms with Gasteiger partial charge in [0.1, 0.15) is 5.69 Å². The van der Waals surface area contributed by atoms with Crippen molar-refractivity contribution in [3.8, 4) is 22.6 Å². The number of nitrogens with two attached hydrogens (primary N) is 1. The van der Waals surface area contributed by atoms with Crippen molar-refractivity contribution in [1.29, 1.82) is 0 Å². The Kier molecular flexibility index (Phi) is 5.59. The molecule has 0 amide bonds. The Balaban J connectivity index is 2.05. The van der Waals surface area contributed by atoms with E-state index in [-0.39, 0.29) is 11.3 Å². The summed E-state index contributed by atoms with van der Waals surface area (Å²) >= 11 is 0. The number of rotatable bonds is 7. The molecule has 7 nitrogen and oxygen atoms in total. The number of sulfonamides is 1. The van der Waals surface area contributed by atoms with Crippen LogP contribution in [0.5, 0.6) is 0 Å². The summed E-state index contributed by atoms with van der Waals surface area (Å²) in [6, 6.07) is 15.5. The quantitative estimate of drug-likeness (QED) is 0.607. The van der Waals surface area contributed by atoms with Gasteiger partial charge in [-0.05, 0) is 29.7 Å². The highest BCUT2D eigenvalue weighted by Crippen LogP contribution is 2.35. The fraction of sp³-hybridized carbons (Fsp3) is 0.238. The second-order valence-electron chi connectivity index (χ2n) is 7.63. The fourth-order valence-corrected chi connectivity index (χ4v) is 3.62. The highest BCUT2D eigenvalue weighted by molar-refractivity contribution is 7.89. The van der Waals surface area contributed by atoms with Gasteiger partial charge in [0.2, 0.25) is 10.0 Å². The normalized spacial score (nSPS) is 12.1. The number of carbonyl (C=O) groups is 1. The maximum absolute atomic E-state index is 11.5. The Morgan fingerprint density at radius 3 is 2.24 bits per heavy atom. The maximum atomic E-state index is 11.5. The van der Waals surface area contributed by atoms with Crippen LogP contribution in [0.25, 0.3) is 22.6 Å². The molecule has 0 fully saturated rings. The highest BCUT2D eigenvalue weighted by atomic mass is 32.2. The molecule has 3 rings (SSSR count). The largest absolute Gasteiger partial charge is 0.481 e. The number of benzene rings is 2. The van der Waals surface area contributed by atoms with E-state index in [9.17, 15) is 13.2 Å². The molecule has 0 unspecified atom stereocenters. The molecule has 0 spiro atoms. The average Bonchev–Trinajstić information content (AvgIpc) is 3.03. The zero-order valence-electron chi connectivity index (χ0n) is 16.1. The third kappa shape index (κ3) is 5.10. The smallest absolute Gasteiger partial charge is 0.303 e. The van der Waals surface area contributed by atoms with Gasteiger partial charge in [-0.2, -0.15) is 0 Å². The monoisotopic (exact) mass is 414 g/mol. The van der Waals surface area contributed by atoms with E-state index in [0.29, 0.717) is 29.3 Å². The molecule has 3 N–H and O–H groups in total. The fourth-order valence-electron chi connectivity index (χ4n) is 3.10. The Bertz CT molecular complexity index is 1120. The Morgan fingerprint density at radius 2 is 1.69 bits per heavy atom. The van der Waals surface area contributed by atoms with E-state index in [1.54, 1.807) is 12.1 Å². The van der Waals surface area contributed by atoms with Crippen molar-refractivity contribution in [3.63, 3.8) is 0 Å². The third-order valence-corrected chi connectivity index (χ3v) is 5.35. The molecule has 3 aromatic rings. The van der Waals surface area contributed by atoms with E-state index in [1.807, 2.05) is 44.2 Å². The number of oxazole rings is 1. The third-order valence-electron chi connectivity index (χ3n) is 4.42. The van der Waals surface area contributed by atoms with Gasteiger partial charge >= 0.3 is 5.97 Å². The molecule has 0 saturated carbocycles. The van der Waals surface area contributed by atoms with Gasteiger partial charge in [0.25, 0.3) is 0 Å². The molecular formula is C21H22N2O5S. The van der Waals surface area contributed by atoms with Crippen LogP contribution >= 0.6 is 0 Å². The standard InChI is InChI=1S/C21H22N2O5S/c1-21(2,13-18(24)25)12-17-23-19(14-6-4-3-5-7-14)20(28-17)15-8-10-16(11-9-15)29(22,26)27/h3-11H,12-13H2,1-2H3,(H,24,25)(H2,22,26,27). The summed E-state index contributed by atoms with van der Waals surface area (Å²) < 4.78 is 29.0. The topological polar surface area (TPSA) is 123 Å². The van der Waals surface area contributed by atoms with Gasteiger partial charge in [-0.25, -0.2) is 18.5 Å². The summed E-state index contributed by atoms with van der Waals surface area (Å²) in [4.78, 5) is 15.7. The molecule has 0 bridgehead atoms. The molecule has 0 aliphatic carbocycles. The van der Waals surface area contributed by atoms with E-state index >= 15 is 0 Å². The van der Waals surface area contributed by atoms with Crippen LogP contribution in [0.1, 0.15) is 26.2 Å². The number of carboxylic acid groups (broad SMARTS) is 1. The van der Waals surface area contributed by atoms with Crippen molar-refractivity contribution in [3.05, 3.63) is 60.5 Å². The molecule has 8 heteroatoms. The predicted molar refractivity (Wildman–Crippen MR) is 108 cm³/mol. The van der Waals surface area contributed by atoms with Gasteiger partial charge in [0, 0.05) is 17.5 Å². The number of nitrogens with zero attached hydrogens (tertiary/aromatic N) is 1. The van der Waals surface area contributed by atoms with Crippen molar-refractivity contribution in [2.24, 2.45) is 10.6 Å². The van der Waals surface area contributed by atoms with E-state index in [0.717, 1.165) is 5.56 Å². The van der Waals surface area contributed by atoms with Gasteiger partial charge in [-0.3, -0.25) is 4.79 Å². The first kappa shape index (κ1) is 20.8. The number of carboxylic acids is 1. The summed E-state index contributed by atoms with van der Waals surface area (Å²) in [5, 5.41) is 14.3. The summed E-state index contributed by atoms with van der Waals surface area (Å²) in [6.45, 7) is 3.68. The number of aliphatic carboxylic acids is 1. The molecule has 1 aromatic heterocycles. The van der Waals surface area contributed by atoms with Gasteiger partial charge in [0.15, 0.2) is 11.7 Å². The van der Waals surface area contributed by atoms with Crippen LogP contribution in [0.4, 0.5) is 0 Å². The predicted octanol–water partition coefficient (Wildman–Crippen LogP) is 3.70. The summed E-state index contributed by atoms with van der Waals surface area (Å²) in [5.41, 5.74) is 1.55. The number of hydrogen-bond acceptors (Lipinski definition) is 5. The molecule has 0 aliphatic heterocycles. The Morgan fingerprint density at radius 1 is 1.07 bits per heavy atom. The van der Waals surface area contributed by atoms with E-state index in [1.165, 1.54) is 12.1 Å². The van der Waals surface area contributed by atoms with Crippen LogP contribution in [0.3, 0.4) is 0 Å². The molecule has 152 valence electrons. The van der Waals surface area contributed by atoms with E-state index < -0.39 is 21.4 Å². The lowest BCUT2D eigenvalue weighted by Gasteiger charge is -2.19. The summed E-state index contributed by atoms with van der Waals surface area (Å²) in [7, 11) is -3.80. The van der Waals surface area contributed by atoms with Gasteiger partial charge < -0.3 is 9.52 Å². The van der Waals surface area contributed by atoms with E-state index in [2.05, 4.69) is 4.98 Å². The molecular weight excluding hydrogens is 392 g/mol. The minimum Gasteiger partial charge on any atom is -0.481 e. The van der Waals surface area contributed by atoms with Gasteiger partial charge in [-0.15, -0.1) is 0 Å². The van der Waals surface area contributed by atoms with Crippen LogP contribution in [0, 0.1) is 5.41 Å². The molecule has 0 saturated heterocycles. The van der Waals surface area contributed by atoms with Gasteiger partial charge in [-0.1, -0.05) is 44.2 Å². The molecule has 2 aromatic carbocycles. The molecule has 0 radical (unpaired) electrons. The Hall–Kier alpha value is -2.97. The lowest BCUT2D eigenvalue weighted by Crippen LogP contribution is -2.19. The highest BCUT2D eigenvalue weighted by Gasteiger charge is 2.27. The van der Waals surface area contributed by atoms with Crippen molar-refractivity contribution < 1.29 is 22.7 Å². The lowest BCUT2D eigenvalue weighted by atomic mass is 9.86. The zero-order chi connectivity index (χ0) is 21.2. The lowest BCUT2D eigenvalue weighted by molar-refractivity contribution is -0.139. The number of hydrogen-bond donors (Lipinski definition) is 2. The maximum Gasteiger partial charge on any atom is 0.303 e. The van der Waals surface area contributed by atoms with Crippen LogP contribution in [-0.2, 0) is 21.2 Å². The van der Waals surface area contributed by atoms with Crippen molar-refractivity contribution >= 4 is 16.0 Å². The number of aromatic nitrogens is 1. The van der Waals surface area contributed by atoms with Crippen LogP contribution in [-0.4, -0.2) is 24.5 Å². The molecule has 1 heterocycles. The van der Waals surface area contributed by atoms with Crippen LogP contribution in [0.2, 0.25) is 0 Å². The average molecular weight is 414 g/mol. The Labute approximate surface area is 169 Å². The minimum absolute atomic E-state index is 0.00448. The van der Waals surface area contributed by atoms with Gasteiger partial charge in [0.05, 0.1) is 11.3 Å². The van der Waals surface area contributed by atoms with Crippen molar-refractivity contribution in [2.45, 2.75) is 31.6 Å². The summed E-state index contributed by atoms with van der Waals surface area (Å²) in [6.07, 6.45) is 0.322. The SMILES string of the molecule is CC(C)(CC(=O)O)Cc1nc(-c2ccccc2)c(-c2ccc(S(N)(=O)=O)cc2)o1. The molecule has 29 heavy (non-hydrogen) atoms. The van der Waals surface area contributed by atoms with Crippen LogP contribution < -0.4 is 5.14 Å². The molecule has 0 atom stereocenters. The second-order valence-corrected chi connectivity index (χ2v) is 9.19. The first-order valence-electron chi connectivity index (χ1n) is 8.95. The first-order chi connectivity index (χ1) is 13.5. The zero-order valence-corrected chi connectivity index (χ0v) is 16.9. The van der Waals surface area contributed by atoms with Crippen molar-refractivity contribution in [1.82, 2.24) is 4.98 Å². The number of primary sulfonamides is 1. The second kappa shape index (κ2) is 7.81. The van der Waals surface area contributed by atoms with Crippen molar-refractivity contribution in [2.75, 3.05) is 0 Å². The summed E-state index contributed by atoms with van der Waals surface area (Å²) in [5.74, 6) is 0.0163. The molecule has 0 aliphatic rings. The van der Waals surface area contributed by atoms with E-state index in [4.69, 9.17) is 14.7 Å².